The van der Waals surface area contributed by atoms with Crippen LogP contribution in [0.3, 0.4) is 0 Å². The van der Waals surface area contributed by atoms with E-state index in [2.05, 4.69) is 4.90 Å². The van der Waals surface area contributed by atoms with Crippen LogP contribution in [-0.2, 0) is 4.79 Å². The number of fused-ring (bicyclic) bond motifs is 1. The number of carbonyl (C=O) groups excluding carboxylic acids is 1. The third-order valence-corrected chi connectivity index (χ3v) is 5.77. The minimum atomic E-state index is -0.652. The molecular formula is C25H29N3O4. The fraction of sp³-hybridized carbons (Fsp3) is 0.320. The average molecular weight is 436 g/mol. The lowest BCUT2D eigenvalue weighted by molar-refractivity contribution is -0.119. The van der Waals surface area contributed by atoms with E-state index in [1.54, 1.807) is 12.1 Å². The van der Waals surface area contributed by atoms with Gasteiger partial charge in [0.15, 0.2) is 0 Å². The summed E-state index contributed by atoms with van der Waals surface area (Å²) in [6.07, 6.45) is -0.652. The van der Waals surface area contributed by atoms with Crippen molar-refractivity contribution in [1.29, 1.82) is 0 Å². The van der Waals surface area contributed by atoms with Crippen molar-refractivity contribution in [3.63, 3.8) is 0 Å². The van der Waals surface area contributed by atoms with Gasteiger partial charge in [-0.05, 0) is 34.5 Å². The first-order valence-electron chi connectivity index (χ1n) is 10.8. The molecule has 1 saturated heterocycles. The molecule has 1 heterocycles. The zero-order valence-corrected chi connectivity index (χ0v) is 18.0. The molecule has 7 nitrogen and oxygen atoms in total. The molecule has 1 amide bonds. The predicted molar refractivity (Wildman–Crippen MR) is 125 cm³/mol. The molecule has 0 saturated carbocycles. The van der Waals surface area contributed by atoms with Crippen molar-refractivity contribution < 1.29 is 19.7 Å². The standard InChI is InChI=1S/C25H29N3O4/c26-24(31)16-28-12-10-27(11-13-28)15-21(30)17-32-23-9-8-18-4-1-2-7-22(18)25(23)19-5-3-6-20(29)14-19/h1-9,14,21,29-30H,10-13,15-17H2,(H2,26,31). The topological polar surface area (TPSA) is 99.3 Å². The van der Waals surface area contributed by atoms with E-state index in [4.69, 9.17) is 10.5 Å². The lowest BCUT2D eigenvalue weighted by Gasteiger charge is -2.34. The number of aliphatic hydroxyl groups is 1. The smallest absolute Gasteiger partial charge is 0.231 e. The van der Waals surface area contributed by atoms with Gasteiger partial charge in [-0.2, -0.15) is 0 Å². The number of primary amides is 1. The number of hydrogen-bond acceptors (Lipinski definition) is 6. The number of aromatic hydroxyl groups is 1. The van der Waals surface area contributed by atoms with Crippen LogP contribution in [0.5, 0.6) is 11.5 Å². The number of carbonyl (C=O) groups is 1. The van der Waals surface area contributed by atoms with E-state index in [1.165, 1.54) is 0 Å². The van der Waals surface area contributed by atoms with Gasteiger partial charge in [0.25, 0.3) is 0 Å². The largest absolute Gasteiger partial charge is 0.508 e. The van der Waals surface area contributed by atoms with Gasteiger partial charge in [-0.15, -0.1) is 0 Å². The summed E-state index contributed by atoms with van der Waals surface area (Å²) in [6.45, 7) is 3.99. The summed E-state index contributed by atoms with van der Waals surface area (Å²) in [6, 6.07) is 19.1. The van der Waals surface area contributed by atoms with Gasteiger partial charge in [-0.25, -0.2) is 0 Å². The molecule has 0 spiro atoms. The lowest BCUT2D eigenvalue weighted by atomic mass is 9.97. The summed E-state index contributed by atoms with van der Waals surface area (Å²) in [4.78, 5) is 15.3. The van der Waals surface area contributed by atoms with Crippen LogP contribution in [0, 0.1) is 0 Å². The molecule has 7 heteroatoms. The highest BCUT2D eigenvalue weighted by molar-refractivity contribution is 5.99. The highest BCUT2D eigenvalue weighted by Gasteiger charge is 2.21. The second-order valence-electron chi connectivity index (χ2n) is 8.22. The van der Waals surface area contributed by atoms with Gasteiger partial charge in [0.2, 0.25) is 5.91 Å². The van der Waals surface area contributed by atoms with E-state index < -0.39 is 6.10 Å². The molecular weight excluding hydrogens is 406 g/mol. The molecule has 1 atom stereocenters. The number of benzene rings is 3. The summed E-state index contributed by atoms with van der Waals surface area (Å²) in [5.74, 6) is 0.543. The number of aliphatic hydroxyl groups excluding tert-OH is 1. The summed E-state index contributed by atoms with van der Waals surface area (Å²) >= 11 is 0. The van der Waals surface area contributed by atoms with E-state index in [1.807, 2.05) is 53.4 Å². The van der Waals surface area contributed by atoms with Gasteiger partial charge in [-0.3, -0.25) is 14.6 Å². The third-order valence-electron chi connectivity index (χ3n) is 5.77. The molecule has 0 aliphatic carbocycles. The maximum Gasteiger partial charge on any atom is 0.231 e. The van der Waals surface area contributed by atoms with Crippen molar-refractivity contribution in [3.05, 3.63) is 60.7 Å². The molecule has 0 bridgehead atoms. The Kier molecular flexibility index (Phi) is 6.90. The number of phenolic OH excluding ortho intramolecular Hbond substituents is 1. The Morgan fingerprint density at radius 3 is 2.50 bits per heavy atom. The SMILES string of the molecule is NC(=O)CN1CCN(CC(O)COc2ccc3ccccc3c2-c2cccc(O)c2)CC1. The minimum Gasteiger partial charge on any atom is -0.508 e. The first kappa shape index (κ1) is 22.1. The number of ether oxygens (including phenoxy) is 1. The van der Waals surface area contributed by atoms with Crippen LogP contribution in [0.1, 0.15) is 0 Å². The van der Waals surface area contributed by atoms with Crippen LogP contribution >= 0.6 is 0 Å². The van der Waals surface area contributed by atoms with Gasteiger partial charge in [0.1, 0.15) is 24.2 Å². The molecule has 1 unspecified atom stereocenters. The van der Waals surface area contributed by atoms with Crippen molar-refractivity contribution in [3.8, 4) is 22.6 Å². The predicted octanol–water partition coefficient (Wildman–Crippen LogP) is 2.06. The third kappa shape index (κ3) is 5.37. The molecule has 1 aliphatic heterocycles. The number of phenols is 1. The van der Waals surface area contributed by atoms with Crippen molar-refractivity contribution in [1.82, 2.24) is 9.80 Å². The number of nitrogens with two attached hydrogens (primary N) is 1. The zero-order valence-electron chi connectivity index (χ0n) is 18.0. The van der Waals surface area contributed by atoms with E-state index in [9.17, 15) is 15.0 Å². The Balaban J connectivity index is 1.44. The van der Waals surface area contributed by atoms with Gasteiger partial charge < -0.3 is 20.7 Å². The number of nitrogens with zero attached hydrogens (tertiary/aromatic N) is 2. The number of rotatable bonds is 8. The number of piperazine rings is 1. The zero-order chi connectivity index (χ0) is 22.5. The van der Waals surface area contributed by atoms with E-state index in [-0.39, 0.29) is 24.8 Å². The fourth-order valence-corrected chi connectivity index (χ4v) is 4.22. The first-order valence-corrected chi connectivity index (χ1v) is 10.8. The molecule has 4 rings (SSSR count). The van der Waals surface area contributed by atoms with Crippen LogP contribution in [0.4, 0.5) is 0 Å². The minimum absolute atomic E-state index is 0.158. The molecule has 32 heavy (non-hydrogen) atoms. The molecule has 1 aliphatic rings. The molecule has 3 aromatic rings. The second-order valence-corrected chi connectivity index (χ2v) is 8.22. The first-order chi connectivity index (χ1) is 15.5. The Morgan fingerprint density at radius 2 is 1.75 bits per heavy atom. The number of hydrogen-bond donors (Lipinski definition) is 3. The van der Waals surface area contributed by atoms with Crippen LogP contribution in [-0.4, -0.2) is 77.9 Å². The lowest BCUT2D eigenvalue weighted by Crippen LogP contribution is -2.50. The summed E-state index contributed by atoms with van der Waals surface area (Å²) in [7, 11) is 0. The highest BCUT2D eigenvalue weighted by atomic mass is 16.5. The quantitative estimate of drug-likeness (QED) is 0.501. The van der Waals surface area contributed by atoms with Crippen LogP contribution in [0.2, 0.25) is 0 Å². The van der Waals surface area contributed by atoms with E-state index in [0.29, 0.717) is 12.3 Å². The normalized spacial score (nSPS) is 16.2. The number of amides is 1. The fourth-order valence-electron chi connectivity index (χ4n) is 4.22. The van der Waals surface area contributed by atoms with Crippen LogP contribution < -0.4 is 10.5 Å². The van der Waals surface area contributed by atoms with Crippen LogP contribution in [0.15, 0.2) is 60.7 Å². The average Bonchev–Trinajstić information content (AvgIpc) is 2.78. The summed E-state index contributed by atoms with van der Waals surface area (Å²) in [5, 5.41) is 22.7. The molecule has 1 fully saturated rings. The van der Waals surface area contributed by atoms with Crippen molar-refractivity contribution in [2.45, 2.75) is 6.10 Å². The maximum atomic E-state index is 11.1. The Morgan fingerprint density at radius 1 is 1.00 bits per heavy atom. The van der Waals surface area contributed by atoms with E-state index >= 15 is 0 Å². The Bertz CT molecular complexity index is 1080. The summed E-state index contributed by atoms with van der Waals surface area (Å²) in [5.41, 5.74) is 7.02. The molecule has 3 aromatic carbocycles. The van der Waals surface area contributed by atoms with Crippen molar-refractivity contribution >= 4 is 16.7 Å². The van der Waals surface area contributed by atoms with Gasteiger partial charge >= 0.3 is 0 Å². The van der Waals surface area contributed by atoms with Crippen molar-refractivity contribution in [2.24, 2.45) is 5.73 Å². The monoisotopic (exact) mass is 435 g/mol. The van der Waals surface area contributed by atoms with E-state index in [0.717, 1.165) is 48.1 Å². The van der Waals surface area contributed by atoms with Gasteiger partial charge in [-0.1, -0.05) is 42.5 Å². The van der Waals surface area contributed by atoms with Gasteiger partial charge in [0.05, 0.1) is 6.54 Å². The molecule has 0 aromatic heterocycles. The second kappa shape index (κ2) is 9.99. The van der Waals surface area contributed by atoms with Crippen molar-refractivity contribution in [2.75, 3.05) is 45.9 Å². The highest BCUT2D eigenvalue weighted by Crippen LogP contribution is 2.38. The number of β-amino-alcohol motifs (C(OH)–C–C–N with tert-alkyl or cyclic N) is 1. The molecule has 168 valence electrons. The van der Waals surface area contributed by atoms with Gasteiger partial charge in [0, 0.05) is 38.3 Å². The summed E-state index contributed by atoms with van der Waals surface area (Å²) < 4.78 is 6.09. The maximum absolute atomic E-state index is 11.1. The Hall–Kier alpha value is -3.13. The Labute approximate surface area is 187 Å². The van der Waals surface area contributed by atoms with Crippen LogP contribution in [0.25, 0.3) is 21.9 Å². The molecule has 0 radical (unpaired) electrons. The molecule has 4 N–H and O–H groups in total.